The quantitative estimate of drug-likeness (QED) is 0.549. The molecule has 0 heterocycles. The fourth-order valence-electron chi connectivity index (χ4n) is 1.31. The third-order valence-corrected chi connectivity index (χ3v) is 2.74. The molecule has 13 heavy (non-hydrogen) atoms. The maximum absolute atomic E-state index is 5.67. The number of hydrogen-bond donors (Lipinski definition) is 1. The predicted molar refractivity (Wildman–Crippen MR) is 63.5 cm³/mol. The maximum atomic E-state index is 5.67. The molecule has 0 atom stereocenters. The van der Waals surface area contributed by atoms with Gasteiger partial charge in [0.25, 0.3) is 0 Å². The van der Waals surface area contributed by atoms with Crippen molar-refractivity contribution in [1.29, 1.82) is 0 Å². The van der Waals surface area contributed by atoms with Crippen LogP contribution in [-0.4, -0.2) is 6.26 Å². The van der Waals surface area contributed by atoms with Gasteiger partial charge < -0.3 is 5.73 Å². The van der Waals surface area contributed by atoms with Crippen molar-refractivity contribution in [3.8, 4) is 0 Å². The van der Waals surface area contributed by atoms with Gasteiger partial charge in [0.2, 0.25) is 0 Å². The summed E-state index contributed by atoms with van der Waals surface area (Å²) in [6.07, 6.45) is 2.09. The average Bonchev–Trinajstić information content (AvgIpc) is 2.07. The molecular formula is C11H19NS. The van der Waals surface area contributed by atoms with Crippen LogP contribution in [-0.2, 0) is 0 Å². The first-order valence-corrected chi connectivity index (χ1v) is 5.78. The summed E-state index contributed by atoms with van der Waals surface area (Å²) in [5, 5.41) is 0. The molecule has 1 aromatic rings. The summed E-state index contributed by atoms with van der Waals surface area (Å²) in [4.78, 5) is 1.35. The molecule has 2 heteroatoms. The first kappa shape index (κ1) is 12.4. The average molecular weight is 197 g/mol. The second-order valence-electron chi connectivity index (χ2n) is 2.69. The minimum atomic E-state index is 0.859. The summed E-state index contributed by atoms with van der Waals surface area (Å²) in [7, 11) is 0. The van der Waals surface area contributed by atoms with Crippen LogP contribution < -0.4 is 5.73 Å². The Balaban J connectivity index is 0.000000671. The Morgan fingerprint density at radius 2 is 1.46 bits per heavy atom. The van der Waals surface area contributed by atoms with Crippen LogP contribution in [0, 0.1) is 13.8 Å². The molecule has 0 aliphatic heterocycles. The summed E-state index contributed by atoms with van der Waals surface area (Å²) < 4.78 is 0. The van der Waals surface area contributed by atoms with Crippen LogP contribution in [0.2, 0.25) is 0 Å². The van der Waals surface area contributed by atoms with Gasteiger partial charge in [-0.1, -0.05) is 13.8 Å². The van der Waals surface area contributed by atoms with E-state index in [4.69, 9.17) is 5.73 Å². The van der Waals surface area contributed by atoms with E-state index in [1.165, 1.54) is 16.0 Å². The molecule has 0 aliphatic carbocycles. The molecule has 0 aromatic heterocycles. The number of nitrogen functional groups attached to an aromatic ring is 1. The van der Waals surface area contributed by atoms with Gasteiger partial charge in [0.05, 0.1) is 0 Å². The van der Waals surface area contributed by atoms with Gasteiger partial charge in [-0.25, -0.2) is 0 Å². The summed E-state index contributed by atoms with van der Waals surface area (Å²) in [5.74, 6) is 0. The van der Waals surface area contributed by atoms with Crippen LogP contribution >= 0.6 is 11.8 Å². The fraction of sp³-hybridized carbons (Fsp3) is 0.455. The molecular weight excluding hydrogens is 178 g/mol. The lowest BCUT2D eigenvalue weighted by molar-refractivity contribution is 1.22. The lowest BCUT2D eigenvalue weighted by atomic mass is 10.1. The molecule has 2 N–H and O–H groups in total. The van der Waals surface area contributed by atoms with Gasteiger partial charge in [0.1, 0.15) is 0 Å². The Bertz CT molecular complexity index is 246. The molecule has 0 spiro atoms. The summed E-state index contributed by atoms with van der Waals surface area (Å²) in [6.45, 7) is 8.18. The number of benzene rings is 1. The molecule has 0 bridgehead atoms. The van der Waals surface area contributed by atoms with E-state index >= 15 is 0 Å². The topological polar surface area (TPSA) is 26.0 Å². The van der Waals surface area contributed by atoms with E-state index in [0.717, 1.165) is 5.69 Å². The zero-order valence-corrected chi connectivity index (χ0v) is 9.96. The zero-order chi connectivity index (χ0) is 10.4. The van der Waals surface area contributed by atoms with E-state index < -0.39 is 0 Å². The maximum Gasteiger partial charge on any atom is 0.0320 e. The van der Waals surface area contributed by atoms with Crippen LogP contribution in [0.5, 0.6) is 0 Å². The molecule has 0 amide bonds. The van der Waals surface area contributed by atoms with Gasteiger partial charge in [-0.05, 0) is 43.4 Å². The van der Waals surface area contributed by atoms with Crippen molar-refractivity contribution in [1.82, 2.24) is 0 Å². The first-order chi connectivity index (χ1) is 6.15. The highest BCUT2D eigenvalue weighted by atomic mass is 32.2. The highest BCUT2D eigenvalue weighted by Gasteiger charge is 2.00. The molecule has 74 valence electrons. The Hall–Kier alpha value is -0.630. The van der Waals surface area contributed by atoms with Crippen LogP contribution in [0.25, 0.3) is 0 Å². The third kappa shape index (κ3) is 3.31. The highest BCUT2D eigenvalue weighted by molar-refractivity contribution is 7.98. The van der Waals surface area contributed by atoms with Crippen molar-refractivity contribution in [3.63, 3.8) is 0 Å². The number of anilines is 1. The van der Waals surface area contributed by atoms with Gasteiger partial charge in [-0.3, -0.25) is 0 Å². The minimum absolute atomic E-state index is 0.859. The smallest absolute Gasteiger partial charge is 0.0320 e. The standard InChI is InChI=1S/C9H13NS.C2H6/c1-6-4-8(10)5-7(2)9(6)11-3;1-2/h4-5H,10H2,1-3H3;1-2H3. The monoisotopic (exact) mass is 197 g/mol. The van der Waals surface area contributed by atoms with E-state index in [1.807, 2.05) is 26.0 Å². The van der Waals surface area contributed by atoms with Crippen molar-refractivity contribution < 1.29 is 0 Å². The second-order valence-corrected chi connectivity index (χ2v) is 3.50. The molecule has 0 unspecified atom stereocenters. The fourth-order valence-corrected chi connectivity index (χ4v) is 2.07. The Morgan fingerprint density at radius 1 is 1.08 bits per heavy atom. The highest BCUT2D eigenvalue weighted by Crippen LogP contribution is 2.26. The number of rotatable bonds is 1. The van der Waals surface area contributed by atoms with Crippen molar-refractivity contribution in [2.45, 2.75) is 32.6 Å². The van der Waals surface area contributed by atoms with Crippen LogP contribution in [0.3, 0.4) is 0 Å². The zero-order valence-electron chi connectivity index (χ0n) is 9.14. The molecule has 0 saturated heterocycles. The van der Waals surface area contributed by atoms with E-state index in [1.54, 1.807) is 11.8 Å². The number of thioether (sulfide) groups is 1. The Morgan fingerprint density at radius 3 is 1.77 bits per heavy atom. The van der Waals surface area contributed by atoms with E-state index in [-0.39, 0.29) is 0 Å². The van der Waals surface area contributed by atoms with E-state index in [2.05, 4.69) is 20.1 Å². The summed E-state index contributed by atoms with van der Waals surface area (Å²) in [6, 6.07) is 4.03. The van der Waals surface area contributed by atoms with Gasteiger partial charge in [0.15, 0.2) is 0 Å². The Kier molecular flexibility index (Phi) is 5.63. The van der Waals surface area contributed by atoms with E-state index in [0.29, 0.717) is 0 Å². The van der Waals surface area contributed by atoms with Gasteiger partial charge in [-0.2, -0.15) is 0 Å². The molecule has 1 rings (SSSR count). The van der Waals surface area contributed by atoms with Crippen molar-refractivity contribution >= 4 is 17.4 Å². The summed E-state index contributed by atoms with van der Waals surface area (Å²) >= 11 is 1.78. The van der Waals surface area contributed by atoms with Crippen LogP contribution in [0.15, 0.2) is 17.0 Å². The van der Waals surface area contributed by atoms with Crippen LogP contribution in [0.4, 0.5) is 5.69 Å². The first-order valence-electron chi connectivity index (χ1n) is 4.56. The van der Waals surface area contributed by atoms with Crippen molar-refractivity contribution in [3.05, 3.63) is 23.3 Å². The second kappa shape index (κ2) is 5.92. The molecule has 0 aliphatic rings. The minimum Gasteiger partial charge on any atom is -0.399 e. The molecule has 1 aromatic carbocycles. The molecule has 0 fully saturated rings. The lowest BCUT2D eigenvalue weighted by Gasteiger charge is -2.07. The van der Waals surface area contributed by atoms with Crippen molar-refractivity contribution in [2.24, 2.45) is 0 Å². The predicted octanol–water partition coefficient (Wildman–Crippen LogP) is 3.63. The van der Waals surface area contributed by atoms with Gasteiger partial charge >= 0.3 is 0 Å². The number of hydrogen-bond acceptors (Lipinski definition) is 2. The summed E-state index contributed by atoms with van der Waals surface area (Å²) in [5.41, 5.74) is 9.08. The molecule has 0 saturated carbocycles. The van der Waals surface area contributed by atoms with Gasteiger partial charge in [-0.15, -0.1) is 11.8 Å². The molecule has 0 radical (unpaired) electrons. The number of nitrogens with two attached hydrogens (primary N) is 1. The van der Waals surface area contributed by atoms with E-state index in [9.17, 15) is 0 Å². The van der Waals surface area contributed by atoms with Gasteiger partial charge in [0, 0.05) is 10.6 Å². The number of aryl methyl sites for hydroxylation is 2. The Labute approximate surface area is 85.7 Å². The molecule has 1 nitrogen and oxygen atoms in total. The largest absolute Gasteiger partial charge is 0.399 e. The normalized spacial score (nSPS) is 9.00. The SMILES string of the molecule is CC.CSc1c(C)cc(N)cc1C. The van der Waals surface area contributed by atoms with Crippen LogP contribution in [0.1, 0.15) is 25.0 Å². The van der Waals surface area contributed by atoms with Crippen molar-refractivity contribution in [2.75, 3.05) is 12.0 Å². The third-order valence-electron chi connectivity index (χ3n) is 1.69. The lowest BCUT2D eigenvalue weighted by Crippen LogP contribution is -1.90.